The first-order valence-corrected chi connectivity index (χ1v) is 5.14. The van der Waals surface area contributed by atoms with Crippen molar-refractivity contribution in [3.05, 3.63) is 22.5 Å². The SMILES string of the molecule is Cc1cc(N2CC(F)C(N=O)C2)nc(C)n1. The number of aryl methyl sites for hydroxylation is 2. The molecule has 2 atom stereocenters. The quantitative estimate of drug-likeness (QED) is 0.712. The van der Waals surface area contributed by atoms with Gasteiger partial charge in [-0.15, -0.1) is 0 Å². The van der Waals surface area contributed by atoms with E-state index in [4.69, 9.17) is 0 Å². The van der Waals surface area contributed by atoms with Crippen LogP contribution >= 0.6 is 0 Å². The fourth-order valence-corrected chi connectivity index (χ4v) is 1.89. The smallest absolute Gasteiger partial charge is 0.145 e. The number of hydrogen-bond donors (Lipinski definition) is 0. The molecule has 1 saturated heterocycles. The van der Waals surface area contributed by atoms with E-state index in [-0.39, 0.29) is 6.54 Å². The van der Waals surface area contributed by atoms with E-state index < -0.39 is 12.2 Å². The Bertz CT molecular complexity index is 392. The predicted molar refractivity (Wildman–Crippen MR) is 58.2 cm³/mol. The molecule has 0 radical (unpaired) electrons. The Hall–Kier alpha value is -1.59. The van der Waals surface area contributed by atoms with Crippen molar-refractivity contribution in [2.24, 2.45) is 5.18 Å². The van der Waals surface area contributed by atoms with Gasteiger partial charge in [-0.3, -0.25) is 0 Å². The Balaban J connectivity index is 2.22. The number of anilines is 1. The normalized spacial score (nSPS) is 24.8. The molecule has 0 spiro atoms. The lowest BCUT2D eigenvalue weighted by Crippen LogP contribution is -2.22. The molecule has 2 unspecified atom stereocenters. The number of aromatic nitrogens is 2. The summed E-state index contributed by atoms with van der Waals surface area (Å²) in [6.07, 6.45) is -1.20. The number of hydrogen-bond acceptors (Lipinski definition) is 5. The highest BCUT2D eigenvalue weighted by molar-refractivity contribution is 5.42. The van der Waals surface area contributed by atoms with E-state index in [1.807, 2.05) is 6.92 Å². The summed E-state index contributed by atoms with van der Waals surface area (Å²) in [7, 11) is 0. The summed E-state index contributed by atoms with van der Waals surface area (Å²) in [5.41, 5.74) is 0.834. The Morgan fingerprint density at radius 3 is 2.75 bits per heavy atom. The lowest BCUT2D eigenvalue weighted by atomic mass is 10.2. The first-order chi connectivity index (χ1) is 7.60. The van der Waals surface area contributed by atoms with E-state index in [0.29, 0.717) is 18.2 Å². The third kappa shape index (κ3) is 2.00. The van der Waals surface area contributed by atoms with Gasteiger partial charge in [-0.25, -0.2) is 14.4 Å². The van der Waals surface area contributed by atoms with Crippen molar-refractivity contribution >= 4 is 5.82 Å². The van der Waals surface area contributed by atoms with Crippen LogP contribution in [-0.4, -0.2) is 35.3 Å². The molecule has 2 heterocycles. The lowest BCUT2D eigenvalue weighted by Gasteiger charge is -2.16. The summed E-state index contributed by atoms with van der Waals surface area (Å²) in [6, 6.07) is 1.00. The summed E-state index contributed by atoms with van der Waals surface area (Å²) in [4.78, 5) is 20.5. The summed E-state index contributed by atoms with van der Waals surface area (Å²) >= 11 is 0. The third-order valence-corrected chi connectivity index (χ3v) is 2.63. The highest BCUT2D eigenvalue weighted by atomic mass is 19.1. The molecule has 2 rings (SSSR count). The summed E-state index contributed by atoms with van der Waals surface area (Å²) in [5, 5.41) is 2.78. The minimum absolute atomic E-state index is 0.173. The number of rotatable bonds is 2. The van der Waals surface area contributed by atoms with Crippen molar-refractivity contribution in [3.8, 4) is 0 Å². The van der Waals surface area contributed by atoms with E-state index >= 15 is 0 Å². The molecule has 0 amide bonds. The zero-order valence-corrected chi connectivity index (χ0v) is 9.22. The van der Waals surface area contributed by atoms with E-state index in [1.165, 1.54) is 0 Å². The number of nitrogens with zero attached hydrogens (tertiary/aromatic N) is 4. The van der Waals surface area contributed by atoms with Crippen LogP contribution in [0.25, 0.3) is 0 Å². The van der Waals surface area contributed by atoms with Gasteiger partial charge in [-0.05, 0) is 13.8 Å². The van der Waals surface area contributed by atoms with Crippen molar-refractivity contribution in [1.29, 1.82) is 0 Å². The predicted octanol–water partition coefficient (Wildman–Crippen LogP) is 1.39. The average Bonchev–Trinajstić information content (AvgIpc) is 2.58. The van der Waals surface area contributed by atoms with Crippen molar-refractivity contribution in [2.45, 2.75) is 26.1 Å². The van der Waals surface area contributed by atoms with Crippen LogP contribution < -0.4 is 4.90 Å². The molecule has 1 aliphatic rings. The van der Waals surface area contributed by atoms with Crippen molar-refractivity contribution in [1.82, 2.24) is 9.97 Å². The monoisotopic (exact) mass is 224 g/mol. The number of halogens is 1. The van der Waals surface area contributed by atoms with E-state index in [9.17, 15) is 9.30 Å². The summed E-state index contributed by atoms with van der Waals surface area (Å²) in [5.74, 6) is 1.31. The fourth-order valence-electron chi connectivity index (χ4n) is 1.89. The largest absolute Gasteiger partial charge is 0.351 e. The molecule has 1 aromatic rings. The molecule has 86 valence electrons. The van der Waals surface area contributed by atoms with Gasteiger partial charge >= 0.3 is 0 Å². The number of nitroso groups, excluding NO2 is 1. The van der Waals surface area contributed by atoms with Crippen LogP contribution in [0.4, 0.5) is 10.2 Å². The van der Waals surface area contributed by atoms with Gasteiger partial charge in [-0.2, -0.15) is 4.91 Å². The average molecular weight is 224 g/mol. The van der Waals surface area contributed by atoms with Gasteiger partial charge in [0.15, 0.2) is 0 Å². The molecule has 5 nitrogen and oxygen atoms in total. The topological polar surface area (TPSA) is 58.5 Å². The second-order valence-corrected chi connectivity index (χ2v) is 4.01. The molecule has 0 bridgehead atoms. The molecule has 0 aromatic carbocycles. The summed E-state index contributed by atoms with van der Waals surface area (Å²) < 4.78 is 13.3. The minimum Gasteiger partial charge on any atom is -0.351 e. The molecule has 1 aromatic heterocycles. The van der Waals surface area contributed by atoms with Gasteiger partial charge < -0.3 is 4.90 Å². The van der Waals surface area contributed by atoms with Crippen molar-refractivity contribution < 1.29 is 4.39 Å². The highest BCUT2D eigenvalue weighted by Gasteiger charge is 2.34. The van der Waals surface area contributed by atoms with Crippen LogP contribution in [0.3, 0.4) is 0 Å². The molecule has 1 fully saturated rings. The minimum atomic E-state index is -1.20. The van der Waals surface area contributed by atoms with Crippen LogP contribution in [0, 0.1) is 18.8 Å². The van der Waals surface area contributed by atoms with Crippen LogP contribution in [0.1, 0.15) is 11.5 Å². The Morgan fingerprint density at radius 1 is 1.44 bits per heavy atom. The Labute approximate surface area is 92.7 Å². The molecule has 6 heteroatoms. The Morgan fingerprint density at radius 2 is 2.19 bits per heavy atom. The molecule has 0 N–H and O–H groups in total. The zero-order valence-electron chi connectivity index (χ0n) is 9.22. The van der Waals surface area contributed by atoms with Gasteiger partial charge in [0.1, 0.15) is 23.9 Å². The molecule has 16 heavy (non-hydrogen) atoms. The van der Waals surface area contributed by atoms with E-state index in [1.54, 1.807) is 17.9 Å². The lowest BCUT2D eigenvalue weighted by molar-refractivity contribution is 0.333. The number of alkyl halides is 1. The maximum Gasteiger partial charge on any atom is 0.145 e. The van der Waals surface area contributed by atoms with Crippen LogP contribution in [0.2, 0.25) is 0 Å². The molecule has 1 aliphatic heterocycles. The maximum atomic E-state index is 13.3. The Kier molecular flexibility index (Phi) is 2.80. The van der Waals surface area contributed by atoms with Gasteiger partial charge in [0.2, 0.25) is 0 Å². The van der Waals surface area contributed by atoms with Gasteiger partial charge in [0.05, 0.1) is 6.54 Å². The van der Waals surface area contributed by atoms with Gasteiger partial charge in [0, 0.05) is 18.3 Å². The van der Waals surface area contributed by atoms with Crippen LogP contribution in [-0.2, 0) is 0 Å². The fraction of sp³-hybridized carbons (Fsp3) is 0.600. The second-order valence-electron chi connectivity index (χ2n) is 4.01. The first-order valence-electron chi connectivity index (χ1n) is 5.14. The van der Waals surface area contributed by atoms with Crippen LogP contribution in [0.5, 0.6) is 0 Å². The molecular weight excluding hydrogens is 211 g/mol. The van der Waals surface area contributed by atoms with Gasteiger partial charge in [0.25, 0.3) is 0 Å². The standard InChI is InChI=1S/C10H13FN4O/c1-6-3-10(13-7(2)12-6)15-4-8(11)9(5-15)14-16/h3,8-9H,4-5H2,1-2H3. The van der Waals surface area contributed by atoms with E-state index in [2.05, 4.69) is 15.1 Å². The maximum absolute atomic E-state index is 13.3. The second kappa shape index (κ2) is 4.11. The highest BCUT2D eigenvalue weighted by Crippen LogP contribution is 2.22. The van der Waals surface area contributed by atoms with Crippen molar-refractivity contribution in [2.75, 3.05) is 18.0 Å². The molecule has 0 saturated carbocycles. The molecule has 0 aliphatic carbocycles. The third-order valence-electron chi connectivity index (χ3n) is 2.63. The van der Waals surface area contributed by atoms with Gasteiger partial charge in [-0.1, -0.05) is 5.18 Å². The van der Waals surface area contributed by atoms with Crippen molar-refractivity contribution in [3.63, 3.8) is 0 Å². The summed E-state index contributed by atoms with van der Waals surface area (Å²) in [6.45, 7) is 4.11. The molecular formula is C10H13FN4O. The van der Waals surface area contributed by atoms with Crippen LogP contribution in [0.15, 0.2) is 11.2 Å². The zero-order chi connectivity index (χ0) is 11.7. The van der Waals surface area contributed by atoms with E-state index in [0.717, 1.165) is 5.69 Å². The first kappa shape index (κ1) is 10.9.